The van der Waals surface area contributed by atoms with E-state index in [1.165, 1.54) is 5.38 Å². The standard InChI is InChI=1S/C8H4FNO3S/c9-4-1-2-6(11)10-5(8(12)13)3-14-7(4)10/h1-3H,(H,12,13). The molecule has 14 heavy (non-hydrogen) atoms. The Labute approximate surface area is 80.8 Å². The number of carboxylic acids is 1. The lowest BCUT2D eigenvalue weighted by atomic mass is 10.4. The number of nitrogens with zero attached hydrogens (tertiary/aromatic N) is 1. The van der Waals surface area contributed by atoms with Crippen molar-refractivity contribution in [3.05, 3.63) is 39.4 Å². The molecule has 2 heterocycles. The summed E-state index contributed by atoms with van der Waals surface area (Å²) in [5.41, 5.74) is -0.755. The summed E-state index contributed by atoms with van der Waals surface area (Å²) in [5, 5.41) is 9.95. The fraction of sp³-hybridized carbons (Fsp3) is 0. The molecule has 2 aromatic rings. The van der Waals surface area contributed by atoms with Gasteiger partial charge in [0.15, 0.2) is 5.82 Å². The molecule has 1 N–H and O–H groups in total. The zero-order chi connectivity index (χ0) is 10.3. The number of hydrogen-bond donors (Lipinski definition) is 1. The molecule has 0 bridgehead atoms. The maximum Gasteiger partial charge on any atom is 0.353 e. The Morgan fingerprint density at radius 1 is 1.50 bits per heavy atom. The van der Waals surface area contributed by atoms with Gasteiger partial charge in [-0.05, 0) is 6.07 Å². The van der Waals surface area contributed by atoms with Crippen molar-refractivity contribution >= 4 is 22.1 Å². The van der Waals surface area contributed by atoms with E-state index in [4.69, 9.17) is 5.11 Å². The van der Waals surface area contributed by atoms with E-state index in [1.807, 2.05) is 0 Å². The number of carboxylic acid groups (broad SMARTS) is 1. The second kappa shape index (κ2) is 2.91. The molecule has 2 rings (SSSR count). The number of halogens is 1. The summed E-state index contributed by atoms with van der Waals surface area (Å²) in [6.07, 6.45) is 0. The Kier molecular flexibility index (Phi) is 1.85. The zero-order valence-corrected chi connectivity index (χ0v) is 7.55. The van der Waals surface area contributed by atoms with Gasteiger partial charge in [-0.25, -0.2) is 9.18 Å². The fourth-order valence-electron chi connectivity index (χ4n) is 1.14. The van der Waals surface area contributed by atoms with Crippen LogP contribution in [0.2, 0.25) is 0 Å². The normalized spacial score (nSPS) is 10.6. The highest BCUT2D eigenvalue weighted by molar-refractivity contribution is 7.15. The molecule has 0 fully saturated rings. The lowest BCUT2D eigenvalue weighted by Gasteiger charge is -1.95. The number of pyridine rings is 1. The highest BCUT2D eigenvalue weighted by Crippen LogP contribution is 2.17. The van der Waals surface area contributed by atoms with Crippen LogP contribution in [0.5, 0.6) is 0 Å². The molecule has 0 saturated heterocycles. The lowest BCUT2D eigenvalue weighted by Crippen LogP contribution is -2.16. The van der Waals surface area contributed by atoms with Gasteiger partial charge in [0.2, 0.25) is 0 Å². The van der Waals surface area contributed by atoms with Gasteiger partial charge in [0.1, 0.15) is 10.5 Å². The summed E-state index contributed by atoms with van der Waals surface area (Å²) in [6, 6.07) is 2.03. The Hall–Kier alpha value is -1.69. The average Bonchev–Trinajstić information content (AvgIpc) is 2.56. The van der Waals surface area contributed by atoms with Crippen molar-refractivity contribution in [2.75, 3.05) is 0 Å². The number of hydrogen-bond acceptors (Lipinski definition) is 3. The Balaban J connectivity index is 2.98. The topological polar surface area (TPSA) is 58.8 Å². The minimum absolute atomic E-state index is 0.0231. The van der Waals surface area contributed by atoms with E-state index >= 15 is 0 Å². The maximum absolute atomic E-state index is 13.1. The highest BCUT2D eigenvalue weighted by Gasteiger charge is 2.14. The molecule has 4 nitrogen and oxygen atoms in total. The minimum Gasteiger partial charge on any atom is -0.477 e. The Morgan fingerprint density at radius 3 is 2.86 bits per heavy atom. The van der Waals surface area contributed by atoms with E-state index in [9.17, 15) is 14.0 Å². The van der Waals surface area contributed by atoms with Gasteiger partial charge in [0.05, 0.1) is 0 Å². The summed E-state index contributed by atoms with van der Waals surface area (Å²) in [6.45, 7) is 0. The molecule has 0 aliphatic heterocycles. The van der Waals surface area contributed by atoms with E-state index in [1.54, 1.807) is 0 Å². The van der Waals surface area contributed by atoms with Crippen LogP contribution in [0.25, 0.3) is 4.83 Å². The summed E-state index contributed by atoms with van der Waals surface area (Å²) < 4.78 is 14.0. The van der Waals surface area contributed by atoms with E-state index in [-0.39, 0.29) is 10.5 Å². The number of aromatic carboxylic acids is 1. The van der Waals surface area contributed by atoms with E-state index in [0.29, 0.717) is 0 Å². The molecule has 0 atom stereocenters. The van der Waals surface area contributed by atoms with Crippen molar-refractivity contribution in [3.63, 3.8) is 0 Å². The first kappa shape index (κ1) is 8.89. The molecular weight excluding hydrogens is 209 g/mol. The molecule has 0 saturated carbocycles. The van der Waals surface area contributed by atoms with Gasteiger partial charge >= 0.3 is 5.97 Å². The van der Waals surface area contributed by atoms with Crippen LogP contribution in [-0.2, 0) is 0 Å². The first-order chi connectivity index (χ1) is 6.61. The summed E-state index contributed by atoms with van der Waals surface area (Å²) in [4.78, 5) is 21.9. The van der Waals surface area contributed by atoms with E-state index < -0.39 is 17.3 Å². The van der Waals surface area contributed by atoms with Gasteiger partial charge in [0, 0.05) is 11.4 Å². The van der Waals surface area contributed by atoms with Crippen LogP contribution in [0, 0.1) is 5.82 Å². The SMILES string of the molecule is O=C(O)c1csc2c(F)ccc(=O)n12. The molecular formula is C8H4FNO3S. The third kappa shape index (κ3) is 1.12. The van der Waals surface area contributed by atoms with Crippen LogP contribution in [-0.4, -0.2) is 15.5 Å². The van der Waals surface area contributed by atoms with Crippen molar-refractivity contribution < 1.29 is 14.3 Å². The second-order valence-electron chi connectivity index (χ2n) is 2.59. The fourth-order valence-corrected chi connectivity index (χ4v) is 2.05. The van der Waals surface area contributed by atoms with Crippen molar-refractivity contribution in [2.24, 2.45) is 0 Å². The lowest BCUT2D eigenvalue weighted by molar-refractivity contribution is 0.0689. The van der Waals surface area contributed by atoms with Gasteiger partial charge in [0.25, 0.3) is 5.56 Å². The average molecular weight is 213 g/mol. The molecule has 0 unspecified atom stereocenters. The molecule has 0 aliphatic carbocycles. The Bertz CT molecular complexity index is 571. The van der Waals surface area contributed by atoms with Gasteiger partial charge in [-0.1, -0.05) is 0 Å². The molecule has 0 aliphatic rings. The summed E-state index contributed by atoms with van der Waals surface area (Å²) in [7, 11) is 0. The van der Waals surface area contributed by atoms with Crippen molar-refractivity contribution in [2.45, 2.75) is 0 Å². The smallest absolute Gasteiger partial charge is 0.353 e. The number of fused-ring (bicyclic) bond motifs is 1. The predicted molar refractivity (Wildman–Crippen MR) is 48.5 cm³/mol. The van der Waals surface area contributed by atoms with Crippen LogP contribution in [0.15, 0.2) is 22.3 Å². The molecule has 6 heteroatoms. The third-order valence-corrected chi connectivity index (χ3v) is 2.68. The van der Waals surface area contributed by atoms with Crippen LogP contribution < -0.4 is 5.56 Å². The molecule has 72 valence electrons. The molecule has 0 radical (unpaired) electrons. The third-order valence-electron chi connectivity index (χ3n) is 1.74. The van der Waals surface area contributed by atoms with Gasteiger partial charge < -0.3 is 5.11 Å². The first-order valence-corrected chi connectivity index (χ1v) is 4.51. The van der Waals surface area contributed by atoms with Crippen LogP contribution in [0.4, 0.5) is 4.39 Å². The van der Waals surface area contributed by atoms with Gasteiger partial charge in [-0.2, -0.15) is 0 Å². The van der Waals surface area contributed by atoms with Gasteiger partial charge in [-0.15, -0.1) is 11.3 Å². The van der Waals surface area contributed by atoms with Crippen LogP contribution in [0.1, 0.15) is 10.5 Å². The van der Waals surface area contributed by atoms with Gasteiger partial charge in [-0.3, -0.25) is 9.20 Å². The van der Waals surface area contributed by atoms with E-state index in [0.717, 1.165) is 27.9 Å². The Morgan fingerprint density at radius 2 is 2.21 bits per heavy atom. The van der Waals surface area contributed by atoms with Crippen molar-refractivity contribution in [1.82, 2.24) is 4.40 Å². The second-order valence-corrected chi connectivity index (χ2v) is 3.44. The molecule has 0 spiro atoms. The largest absolute Gasteiger partial charge is 0.477 e. The summed E-state index contributed by atoms with van der Waals surface area (Å²) in [5.74, 6) is -1.84. The number of thiazole rings is 1. The van der Waals surface area contributed by atoms with E-state index in [2.05, 4.69) is 0 Å². The number of aromatic nitrogens is 1. The number of carbonyl (C=O) groups is 1. The highest BCUT2D eigenvalue weighted by atomic mass is 32.1. The van der Waals surface area contributed by atoms with Crippen LogP contribution >= 0.6 is 11.3 Å². The predicted octanol–water partition coefficient (Wildman–Crippen LogP) is 1.20. The molecule has 0 aromatic carbocycles. The van der Waals surface area contributed by atoms with Crippen molar-refractivity contribution in [3.8, 4) is 0 Å². The molecule has 2 aromatic heterocycles. The zero-order valence-electron chi connectivity index (χ0n) is 6.73. The first-order valence-electron chi connectivity index (χ1n) is 3.63. The van der Waals surface area contributed by atoms with Crippen LogP contribution in [0.3, 0.4) is 0 Å². The maximum atomic E-state index is 13.1. The minimum atomic E-state index is -1.25. The van der Waals surface area contributed by atoms with Crippen molar-refractivity contribution in [1.29, 1.82) is 0 Å². The monoisotopic (exact) mass is 213 g/mol. The quantitative estimate of drug-likeness (QED) is 0.774. The number of rotatable bonds is 1. The molecule has 0 amide bonds. The summed E-state index contributed by atoms with van der Waals surface area (Å²) >= 11 is 0.890.